The highest BCUT2D eigenvalue weighted by molar-refractivity contribution is 5.97. The summed E-state index contributed by atoms with van der Waals surface area (Å²) in [6.45, 7) is 4.88. The molecule has 1 unspecified atom stereocenters. The predicted octanol–water partition coefficient (Wildman–Crippen LogP) is 3.46. The van der Waals surface area contributed by atoms with Gasteiger partial charge in [-0.1, -0.05) is 38.1 Å². The highest BCUT2D eigenvalue weighted by Crippen LogP contribution is 2.30. The van der Waals surface area contributed by atoms with Crippen LogP contribution in [0.15, 0.2) is 48.5 Å². The summed E-state index contributed by atoms with van der Waals surface area (Å²) in [7, 11) is 0. The van der Waals surface area contributed by atoms with Crippen molar-refractivity contribution in [2.24, 2.45) is 11.1 Å². The third-order valence-electron chi connectivity index (χ3n) is 5.22. The Morgan fingerprint density at radius 1 is 1.20 bits per heavy atom. The molecule has 3 N–H and O–H groups in total. The molecule has 8 heteroatoms. The molecule has 6 nitrogen and oxygen atoms in total. The number of nitrogens with zero attached hydrogens (tertiary/aromatic N) is 1. The molecule has 2 aromatic rings. The predicted molar refractivity (Wildman–Crippen MR) is 116 cm³/mol. The van der Waals surface area contributed by atoms with Crippen LogP contribution in [0, 0.1) is 11.2 Å². The number of hydrogen-bond acceptors (Lipinski definition) is 4. The van der Waals surface area contributed by atoms with Gasteiger partial charge in [0.2, 0.25) is 0 Å². The van der Waals surface area contributed by atoms with Crippen LogP contribution >= 0.6 is 12.4 Å². The lowest BCUT2D eigenvalue weighted by molar-refractivity contribution is -0.118. The van der Waals surface area contributed by atoms with Crippen LogP contribution in [0.25, 0.3) is 0 Å². The molecule has 1 aliphatic heterocycles. The Morgan fingerprint density at radius 2 is 1.87 bits per heavy atom. The zero-order chi connectivity index (χ0) is 21.0. The second kappa shape index (κ2) is 9.91. The molecule has 0 radical (unpaired) electrons. The fourth-order valence-electron chi connectivity index (χ4n) is 3.38. The molecule has 162 valence electrons. The Balaban J connectivity index is 0.00000320. The van der Waals surface area contributed by atoms with Gasteiger partial charge in [0.15, 0.2) is 6.61 Å². The molecule has 1 aliphatic rings. The molecule has 1 fully saturated rings. The Morgan fingerprint density at radius 3 is 2.57 bits per heavy atom. The van der Waals surface area contributed by atoms with Crippen LogP contribution in [-0.4, -0.2) is 42.5 Å². The molecule has 3 rings (SSSR count). The molecular formula is C22H27ClFN3O3. The molecule has 0 saturated carbocycles. The number of amides is 2. The first-order chi connectivity index (χ1) is 13.8. The van der Waals surface area contributed by atoms with Gasteiger partial charge in [-0.3, -0.25) is 9.59 Å². The van der Waals surface area contributed by atoms with Crippen LogP contribution in [0.3, 0.4) is 0 Å². The molecule has 0 aromatic heterocycles. The van der Waals surface area contributed by atoms with Gasteiger partial charge in [-0.05, 0) is 36.1 Å². The van der Waals surface area contributed by atoms with Gasteiger partial charge < -0.3 is 20.7 Å². The lowest BCUT2D eigenvalue weighted by atomic mass is 9.79. The minimum atomic E-state index is -0.526. The average molecular weight is 436 g/mol. The summed E-state index contributed by atoms with van der Waals surface area (Å²) >= 11 is 0. The summed E-state index contributed by atoms with van der Waals surface area (Å²) in [6, 6.07) is 12.7. The number of ether oxygens (including phenoxy) is 1. The maximum atomic E-state index is 13.7. The number of nitrogens with two attached hydrogens (primary N) is 1. The van der Waals surface area contributed by atoms with E-state index in [2.05, 4.69) is 5.32 Å². The van der Waals surface area contributed by atoms with Gasteiger partial charge in [-0.25, -0.2) is 4.39 Å². The molecule has 0 aliphatic carbocycles. The van der Waals surface area contributed by atoms with Crippen molar-refractivity contribution in [1.82, 2.24) is 4.90 Å². The lowest BCUT2D eigenvalue weighted by Gasteiger charge is -2.42. The van der Waals surface area contributed by atoms with Crippen LogP contribution in [0.2, 0.25) is 0 Å². The number of rotatable bonds is 5. The first-order valence-electron chi connectivity index (χ1n) is 9.59. The van der Waals surface area contributed by atoms with Crippen molar-refractivity contribution in [2.45, 2.75) is 26.3 Å². The minimum Gasteiger partial charge on any atom is -0.483 e. The van der Waals surface area contributed by atoms with Gasteiger partial charge >= 0.3 is 0 Å². The van der Waals surface area contributed by atoms with Crippen LogP contribution in [-0.2, 0) is 4.79 Å². The fraction of sp³-hybridized carbons (Fsp3) is 0.364. The van der Waals surface area contributed by atoms with Gasteiger partial charge in [0.25, 0.3) is 11.8 Å². The number of halogens is 2. The number of carbonyl (C=O) groups excluding carboxylic acids is 2. The van der Waals surface area contributed by atoms with E-state index >= 15 is 0 Å². The van der Waals surface area contributed by atoms with Crippen LogP contribution in [0.1, 0.15) is 30.6 Å². The summed E-state index contributed by atoms with van der Waals surface area (Å²) in [5, 5.41) is 2.46. The lowest BCUT2D eigenvalue weighted by Crippen LogP contribution is -2.54. The first kappa shape index (κ1) is 23.6. The summed E-state index contributed by atoms with van der Waals surface area (Å²) in [4.78, 5) is 26.9. The number of carbonyl (C=O) groups is 2. The Kier molecular flexibility index (Phi) is 7.81. The van der Waals surface area contributed by atoms with Crippen molar-refractivity contribution in [3.8, 4) is 5.75 Å². The van der Waals surface area contributed by atoms with E-state index in [-0.39, 0.29) is 42.1 Å². The third kappa shape index (κ3) is 5.49. The highest BCUT2D eigenvalue weighted by atomic mass is 35.5. The van der Waals surface area contributed by atoms with Crippen molar-refractivity contribution >= 4 is 29.9 Å². The third-order valence-corrected chi connectivity index (χ3v) is 5.22. The van der Waals surface area contributed by atoms with E-state index in [4.69, 9.17) is 10.5 Å². The van der Waals surface area contributed by atoms with Gasteiger partial charge in [-0.2, -0.15) is 0 Å². The smallest absolute Gasteiger partial charge is 0.262 e. The molecule has 1 saturated heterocycles. The average Bonchev–Trinajstić information content (AvgIpc) is 2.70. The van der Waals surface area contributed by atoms with E-state index in [1.54, 1.807) is 35.2 Å². The molecule has 2 aromatic carbocycles. The van der Waals surface area contributed by atoms with Gasteiger partial charge in [0.05, 0.1) is 11.3 Å². The second-order valence-electron chi connectivity index (χ2n) is 7.92. The normalized spacial score (nSPS) is 17.6. The topological polar surface area (TPSA) is 84.7 Å². The quantitative estimate of drug-likeness (QED) is 0.753. The van der Waals surface area contributed by atoms with Gasteiger partial charge in [0.1, 0.15) is 11.6 Å². The zero-order valence-electron chi connectivity index (χ0n) is 17.1. The maximum Gasteiger partial charge on any atom is 0.262 e. The number of anilines is 1. The number of nitrogens with one attached hydrogen (secondary N) is 1. The van der Waals surface area contributed by atoms with E-state index in [1.807, 2.05) is 13.8 Å². The van der Waals surface area contributed by atoms with Crippen molar-refractivity contribution < 1.29 is 18.7 Å². The van der Waals surface area contributed by atoms with Crippen molar-refractivity contribution in [3.05, 3.63) is 59.9 Å². The molecule has 2 amide bonds. The van der Waals surface area contributed by atoms with Crippen LogP contribution in [0.4, 0.5) is 10.1 Å². The van der Waals surface area contributed by atoms with Gasteiger partial charge in [-0.15, -0.1) is 12.4 Å². The van der Waals surface area contributed by atoms with E-state index in [0.29, 0.717) is 24.4 Å². The number of hydrogen-bond donors (Lipinski definition) is 2. The number of benzene rings is 2. The molecule has 1 atom stereocenters. The second-order valence-corrected chi connectivity index (χ2v) is 7.92. The number of piperidine rings is 1. The number of likely N-dealkylation sites (tertiary alicyclic amines) is 1. The zero-order valence-corrected chi connectivity index (χ0v) is 17.9. The van der Waals surface area contributed by atoms with Crippen molar-refractivity contribution in [3.63, 3.8) is 0 Å². The number of para-hydroxylation sites is 2. The Hall–Kier alpha value is -2.64. The van der Waals surface area contributed by atoms with E-state index < -0.39 is 11.7 Å². The summed E-state index contributed by atoms with van der Waals surface area (Å²) in [6.07, 6.45) is 0.729. The van der Waals surface area contributed by atoms with Crippen LogP contribution < -0.4 is 15.8 Å². The van der Waals surface area contributed by atoms with Crippen molar-refractivity contribution in [2.75, 3.05) is 25.0 Å². The summed E-state index contributed by atoms with van der Waals surface area (Å²) in [5.41, 5.74) is 6.45. The first-order valence-corrected chi connectivity index (χ1v) is 9.59. The molecule has 1 heterocycles. The van der Waals surface area contributed by atoms with Gasteiger partial charge in [0, 0.05) is 19.1 Å². The SMILES string of the molecule is CC1(C)CN(C(=O)c2ccccc2OCC(=O)Nc2ccccc2F)CCC1N.Cl. The molecule has 0 spiro atoms. The van der Waals surface area contributed by atoms with Crippen molar-refractivity contribution in [1.29, 1.82) is 0 Å². The highest BCUT2D eigenvalue weighted by Gasteiger charge is 2.36. The minimum absolute atomic E-state index is 0. The summed E-state index contributed by atoms with van der Waals surface area (Å²) < 4.78 is 19.3. The fourth-order valence-corrected chi connectivity index (χ4v) is 3.38. The van der Waals surface area contributed by atoms with E-state index in [1.165, 1.54) is 18.2 Å². The standard InChI is InChI=1S/C22H26FN3O3.ClH/c1-22(2)14-26(12-11-19(22)24)21(28)15-7-3-6-10-18(15)29-13-20(27)25-17-9-5-4-8-16(17)23;/h3-10,19H,11-14,24H2,1-2H3,(H,25,27);1H. The summed E-state index contributed by atoms with van der Waals surface area (Å²) in [5.74, 6) is -0.881. The van der Waals surface area contributed by atoms with Crippen LogP contribution in [0.5, 0.6) is 5.75 Å². The van der Waals surface area contributed by atoms with E-state index in [0.717, 1.165) is 6.42 Å². The Bertz CT molecular complexity index is 907. The largest absolute Gasteiger partial charge is 0.483 e. The molecular weight excluding hydrogens is 409 g/mol. The molecule has 30 heavy (non-hydrogen) atoms. The monoisotopic (exact) mass is 435 g/mol. The Labute approximate surface area is 182 Å². The molecule has 0 bridgehead atoms. The maximum absolute atomic E-state index is 13.7. The van der Waals surface area contributed by atoms with E-state index in [9.17, 15) is 14.0 Å².